The van der Waals surface area contributed by atoms with Crippen molar-refractivity contribution in [2.75, 3.05) is 0 Å². The molecule has 1 N–H and O–H groups in total. The highest BCUT2D eigenvalue weighted by molar-refractivity contribution is 7.89. The Morgan fingerprint density at radius 1 is 1.15 bits per heavy atom. The predicted octanol–water partition coefficient (Wildman–Crippen LogP) is 3.79. The largest absolute Gasteiger partial charge is 0.270 e. The van der Waals surface area contributed by atoms with Gasteiger partial charge in [0.25, 0.3) is 5.69 Å². The maximum Gasteiger partial charge on any atom is 0.270 e. The number of nitrogens with zero attached hydrogens (tertiary/aromatic N) is 1. The number of benzene rings is 1. The van der Waals surface area contributed by atoms with E-state index in [1.54, 1.807) is 6.92 Å². The molecular formula is C19H26N2O4S. The third-order valence-corrected chi connectivity index (χ3v) is 8.69. The van der Waals surface area contributed by atoms with Crippen molar-refractivity contribution in [3.8, 4) is 0 Å². The maximum atomic E-state index is 13.0. The molecule has 4 saturated carbocycles. The molecule has 5 rings (SSSR count). The van der Waals surface area contributed by atoms with E-state index in [2.05, 4.69) is 4.72 Å². The summed E-state index contributed by atoms with van der Waals surface area (Å²) < 4.78 is 28.9. The molecule has 4 fully saturated rings. The molecule has 4 aliphatic carbocycles. The lowest BCUT2D eigenvalue weighted by Crippen LogP contribution is -2.55. The van der Waals surface area contributed by atoms with Crippen molar-refractivity contribution >= 4 is 15.7 Å². The van der Waals surface area contributed by atoms with Crippen LogP contribution in [0.3, 0.4) is 0 Å². The molecule has 1 aromatic rings. The van der Waals surface area contributed by atoms with Gasteiger partial charge in [0.15, 0.2) is 0 Å². The summed E-state index contributed by atoms with van der Waals surface area (Å²) in [5, 5.41) is 11.0. The van der Waals surface area contributed by atoms with Crippen molar-refractivity contribution in [2.45, 2.75) is 63.3 Å². The zero-order valence-electron chi connectivity index (χ0n) is 15.3. The van der Waals surface area contributed by atoms with Crippen LogP contribution in [0.2, 0.25) is 0 Å². The maximum absolute atomic E-state index is 13.0. The van der Waals surface area contributed by atoms with Crippen LogP contribution >= 0.6 is 0 Å². The molecular weight excluding hydrogens is 352 g/mol. The van der Waals surface area contributed by atoms with Gasteiger partial charge in [-0.05, 0) is 81.1 Å². The Kier molecular flexibility index (Phi) is 4.15. The average molecular weight is 378 g/mol. The monoisotopic (exact) mass is 378 g/mol. The fraction of sp³-hybridized carbons (Fsp3) is 0.684. The molecule has 1 aromatic carbocycles. The molecule has 1 atom stereocenters. The predicted molar refractivity (Wildman–Crippen MR) is 98.2 cm³/mol. The van der Waals surface area contributed by atoms with E-state index in [9.17, 15) is 18.5 Å². The Labute approximate surface area is 154 Å². The lowest BCUT2D eigenvalue weighted by atomic mass is 9.48. The Morgan fingerprint density at radius 2 is 1.69 bits per heavy atom. The summed E-state index contributed by atoms with van der Waals surface area (Å²) in [6, 6.07) is 3.86. The van der Waals surface area contributed by atoms with Gasteiger partial charge in [0.2, 0.25) is 10.0 Å². The molecule has 26 heavy (non-hydrogen) atoms. The third kappa shape index (κ3) is 2.95. The smallest absolute Gasteiger partial charge is 0.258 e. The summed E-state index contributed by atoms with van der Waals surface area (Å²) in [7, 11) is -3.79. The first kappa shape index (κ1) is 17.9. The van der Waals surface area contributed by atoms with E-state index >= 15 is 0 Å². The normalized spacial score (nSPS) is 34.0. The van der Waals surface area contributed by atoms with E-state index < -0.39 is 14.9 Å². The summed E-state index contributed by atoms with van der Waals surface area (Å²) in [4.78, 5) is 10.5. The number of sulfonamides is 1. The third-order valence-electron chi connectivity index (χ3n) is 7.01. The van der Waals surface area contributed by atoms with Gasteiger partial charge in [0.05, 0.1) is 9.82 Å². The van der Waals surface area contributed by atoms with Crippen molar-refractivity contribution in [3.05, 3.63) is 33.9 Å². The van der Waals surface area contributed by atoms with Gasteiger partial charge in [-0.1, -0.05) is 6.07 Å². The van der Waals surface area contributed by atoms with Crippen LogP contribution in [-0.4, -0.2) is 19.4 Å². The van der Waals surface area contributed by atoms with Gasteiger partial charge >= 0.3 is 0 Å². The van der Waals surface area contributed by atoms with Gasteiger partial charge in [0, 0.05) is 18.2 Å². The first-order valence-corrected chi connectivity index (χ1v) is 10.9. The van der Waals surface area contributed by atoms with E-state index in [0.717, 1.165) is 37.0 Å². The van der Waals surface area contributed by atoms with Crippen molar-refractivity contribution in [1.29, 1.82) is 0 Å². The van der Waals surface area contributed by atoms with Crippen LogP contribution in [0, 0.1) is 40.2 Å². The highest BCUT2D eigenvalue weighted by Crippen LogP contribution is 2.61. The highest BCUT2D eigenvalue weighted by atomic mass is 32.2. The number of hydrogen-bond acceptors (Lipinski definition) is 4. The molecule has 4 aliphatic rings. The topological polar surface area (TPSA) is 89.3 Å². The van der Waals surface area contributed by atoms with Gasteiger partial charge in [-0.25, -0.2) is 13.1 Å². The molecule has 6 nitrogen and oxygen atoms in total. The minimum Gasteiger partial charge on any atom is -0.258 e. The first-order chi connectivity index (χ1) is 12.2. The lowest BCUT2D eigenvalue weighted by molar-refractivity contribution is -0.385. The summed E-state index contributed by atoms with van der Waals surface area (Å²) >= 11 is 0. The quantitative estimate of drug-likeness (QED) is 0.623. The van der Waals surface area contributed by atoms with Crippen molar-refractivity contribution in [1.82, 2.24) is 4.72 Å². The summed E-state index contributed by atoms with van der Waals surface area (Å²) in [6.45, 7) is 3.66. The number of nitro groups is 1. The number of non-ortho nitro benzene ring substituents is 1. The number of aryl methyl sites for hydroxylation is 1. The van der Waals surface area contributed by atoms with Crippen LogP contribution in [0.5, 0.6) is 0 Å². The Bertz CT molecular complexity index is 814. The Morgan fingerprint density at radius 3 is 2.19 bits per heavy atom. The summed E-state index contributed by atoms with van der Waals surface area (Å²) in [5.74, 6) is 2.23. The molecule has 4 bridgehead atoms. The average Bonchev–Trinajstić information content (AvgIpc) is 2.53. The fourth-order valence-corrected chi connectivity index (χ4v) is 7.73. The van der Waals surface area contributed by atoms with Crippen LogP contribution < -0.4 is 4.72 Å². The van der Waals surface area contributed by atoms with Crippen LogP contribution in [-0.2, 0) is 10.0 Å². The van der Waals surface area contributed by atoms with Gasteiger partial charge in [0.1, 0.15) is 0 Å². The highest BCUT2D eigenvalue weighted by Gasteiger charge is 2.53. The summed E-state index contributed by atoms with van der Waals surface area (Å²) in [6.07, 6.45) is 7.25. The Balaban J connectivity index is 1.60. The molecule has 0 spiro atoms. The SMILES string of the molecule is Cc1ccc([N+](=O)[O-])cc1S(=O)(=O)NC(C)C12CC3CC(CC(C3)C1)C2. The molecule has 0 heterocycles. The van der Waals surface area contributed by atoms with Crippen LogP contribution in [0.4, 0.5) is 5.69 Å². The zero-order chi connectivity index (χ0) is 18.7. The molecule has 7 heteroatoms. The number of hydrogen-bond donors (Lipinski definition) is 1. The molecule has 0 aromatic heterocycles. The standard InChI is InChI=1S/C19H26N2O4S/c1-12-3-4-17(21(22)23)8-18(12)26(24,25)20-13(2)19-9-14-5-15(10-19)7-16(6-14)11-19/h3-4,8,13-16,20H,5-7,9-11H2,1-2H3. The first-order valence-electron chi connectivity index (χ1n) is 9.46. The molecule has 142 valence electrons. The van der Waals surface area contributed by atoms with Crippen molar-refractivity contribution < 1.29 is 13.3 Å². The number of rotatable bonds is 5. The molecule has 1 unspecified atom stereocenters. The van der Waals surface area contributed by atoms with Gasteiger partial charge < -0.3 is 0 Å². The molecule has 0 aliphatic heterocycles. The van der Waals surface area contributed by atoms with E-state index in [0.29, 0.717) is 5.56 Å². The molecule has 0 radical (unpaired) electrons. The van der Waals surface area contributed by atoms with E-state index in [1.165, 1.54) is 37.5 Å². The second-order valence-corrected chi connectivity index (χ2v) is 10.5. The lowest BCUT2D eigenvalue weighted by Gasteiger charge is -2.59. The van der Waals surface area contributed by atoms with Gasteiger partial charge in [-0.2, -0.15) is 0 Å². The van der Waals surface area contributed by atoms with Crippen LogP contribution in [0.25, 0.3) is 0 Å². The van der Waals surface area contributed by atoms with Crippen molar-refractivity contribution in [2.24, 2.45) is 23.2 Å². The van der Waals surface area contributed by atoms with Gasteiger partial charge in [-0.15, -0.1) is 0 Å². The zero-order valence-corrected chi connectivity index (χ0v) is 16.1. The van der Waals surface area contributed by atoms with E-state index in [1.807, 2.05) is 6.92 Å². The molecule has 0 amide bonds. The fourth-order valence-electron chi connectivity index (χ4n) is 6.12. The van der Waals surface area contributed by atoms with Crippen LogP contribution in [0.15, 0.2) is 23.1 Å². The summed E-state index contributed by atoms with van der Waals surface area (Å²) in [5.41, 5.74) is 0.385. The van der Waals surface area contributed by atoms with Gasteiger partial charge in [-0.3, -0.25) is 10.1 Å². The minimum atomic E-state index is -3.79. The van der Waals surface area contributed by atoms with Crippen molar-refractivity contribution in [3.63, 3.8) is 0 Å². The molecule has 0 saturated heterocycles. The Hall–Kier alpha value is -1.47. The van der Waals surface area contributed by atoms with Crippen LogP contribution in [0.1, 0.15) is 51.0 Å². The number of nitrogens with one attached hydrogen (secondary N) is 1. The second-order valence-electron chi connectivity index (χ2n) is 8.83. The van der Waals surface area contributed by atoms with E-state index in [4.69, 9.17) is 0 Å². The number of nitro benzene ring substituents is 1. The minimum absolute atomic E-state index is 0.0169. The second kappa shape index (κ2) is 6.02. The van der Waals surface area contributed by atoms with E-state index in [-0.39, 0.29) is 22.0 Å².